The quantitative estimate of drug-likeness (QED) is 0.573. The van der Waals surface area contributed by atoms with Crippen LogP contribution in [0.4, 0.5) is 0 Å². The summed E-state index contributed by atoms with van der Waals surface area (Å²) in [6.07, 6.45) is 1.80. The molecule has 0 unspecified atom stereocenters. The van der Waals surface area contributed by atoms with E-state index >= 15 is 0 Å². The highest BCUT2D eigenvalue weighted by molar-refractivity contribution is 5.97. The average molecular weight is 216 g/mol. The third-order valence-electron chi connectivity index (χ3n) is 2.28. The molecule has 0 aliphatic carbocycles. The Hall–Kier alpha value is -1.69. The van der Waals surface area contributed by atoms with E-state index in [1.54, 1.807) is 6.92 Å². The summed E-state index contributed by atoms with van der Waals surface area (Å²) >= 11 is 0. The van der Waals surface area contributed by atoms with Crippen molar-refractivity contribution in [2.24, 2.45) is 0 Å². The van der Waals surface area contributed by atoms with E-state index in [1.807, 2.05) is 19.9 Å². The van der Waals surface area contributed by atoms with E-state index in [1.165, 1.54) is 0 Å². The molecule has 0 spiro atoms. The molecular weight excluding hydrogens is 200 g/mol. The molecule has 0 radical (unpaired) electrons. The number of aromatic nitrogens is 2. The Morgan fingerprint density at radius 1 is 1.44 bits per heavy atom. The Balaban J connectivity index is 2.87. The van der Waals surface area contributed by atoms with Gasteiger partial charge in [0.1, 0.15) is 0 Å². The Kier molecular flexibility index (Phi) is 4.65. The van der Waals surface area contributed by atoms with Gasteiger partial charge in [0.15, 0.2) is 5.78 Å². The predicted molar refractivity (Wildman–Crippen MR) is 63.2 cm³/mol. The molecule has 0 bridgehead atoms. The molecule has 0 aromatic carbocycles. The van der Waals surface area contributed by atoms with Crippen LogP contribution in [0.25, 0.3) is 0 Å². The molecule has 0 fully saturated rings. The van der Waals surface area contributed by atoms with Crippen LogP contribution in [0.3, 0.4) is 0 Å². The van der Waals surface area contributed by atoms with Crippen LogP contribution < -0.4 is 0 Å². The lowest BCUT2D eigenvalue weighted by molar-refractivity contribution is 0.0982. The molecule has 0 saturated carbocycles. The summed E-state index contributed by atoms with van der Waals surface area (Å²) in [6, 6.07) is 1.81. The summed E-state index contributed by atoms with van der Waals surface area (Å²) in [4.78, 5) is 11.9. The molecule has 3 nitrogen and oxygen atoms in total. The van der Waals surface area contributed by atoms with Crippen molar-refractivity contribution in [1.29, 1.82) is 0 Å². The standard InChI is InChI=1S/C13H16N2O/c1-4-6-7-8-13(16)11-9-10(3)14-15-12(11)5-2/h9H,5,7-8H2,1-3H3. The summed E-state index contributed by atoms with van der Waals surface area (Å²) in [7, 11) is 0. The van der Waals surface area contributed by atoms with Gasteiger partial charge < -0.3 is 0 Å². The molecule has 3 heteroatoms. The minimum atomic E-state index is 0.109. The second-order valence-corrected chi connectivity index (χ2v) is 3.55. The molecule has 0 saturated heterocycles. The number of rotatable bonds is 4. The van der Waals surface area contributed by atoms with Crippen molar-refractivity contribution in [3.8, 4) is 11.8 Å². The maximum atomic E-state index is 11.9. The molecular formula is C13H16N2O. The lowest BCUT2D eigenvalue weighted by atomic mass is 10.0. The minimum Gasteiger partial charge on any atom is -0.294 e. The highest BCUT2D eigenvalue weighted by Gasteiger charge is 2.11. The Bertz CT molecular complexity index is 441. The topological polar surface area (TPSA) is 42.9 Å². The largest absolute Gasteiger partial charge is 0.294 e. The van der Waals surface area contributed by atoms with Crippen molar-refractivity contribution >= 4 is 5.78 Å². The van der Waals surface area contributed by atoms with Crippen LogP contribution in [-0.4, -0.2) is 16.0 Å². The third kappa shape index (κ3) is 3.16. The van der Waals surface area contributed by atoms with Gasteiger partial charge in [-0.2, -0.15) is 10.2 Å². The van der Waals surface area contributed by atoms with Crippen LogP contribution in [-0.2, 0) is 6.42 Å². The molecule has 0 aliphatic rings. The molecule has 0 atom stereocenters. The van der Waals surface area contributed by atoms with Gasteiger partial charge in [-0.05, 0) is 26.3 Å². The molecule has 1 aromatic rings. The SMILES string of the molecule is CC#CCCC(=O)c1cc(C)nnc1CC. The van der Waals surface area contributed by atoms with Crippen LogP contribution in [0.2, 0.25) is 0 Å². The van der Waals surface area contributed by atoms with Crippen molar-refractivity contribution in [2.45, 2.75) is 40.0 Å². The van der Waals surface area contributed by atoms with Gasteiger partial charge >= 0.3 is 0 Å². The fourth-order valence-corrected chi connectivity index (χ4v) is 1.45. The number of hydrogen-bond donors (Lipinski definition) is 0. The van der Waals surface area contributed by atoms with E-state index in [4.69, 9.17) is 0 Å². The highest BCUT2D eigenvalue weighted by atomic mass is 16.1. The van der Waals surface area contributed by atoms with Crippen molar-refractivity contribution < 1.29 is 4.79 Å². The van der Waals surface area contributed by atoms with Gasteiger partial charge in [-0.3, -0.25) is 4.79 Å². The number of aryl methyl sites for hydroxylation is 2. The molecule has 0 N–H and O–H groups in total. The number of nitrogens with zero attached hydrogens (tertiary/aromatic N) is 2. The van der Waals surface area contributed by atoms with E-state index in [0.29, 0.717) is 18.4 Å². The number of hydrogen-bond acceptors (Lipinski definition) is 3. The molecule has 0 amide bonds. The van der Waals surface area contributed by atoms with Gasteiger partial charge in [-0.15, -0.1) is 11.8 Å². The van der Waals surface area contributed by atoms with E-state index in [-0.39, 0.29) is 5.78 Å². The fourth-order valence-electron chi connectivity index (χ4n) is 1.45. The lowest BCUT2D eigenvalue weighted by Gasteiger charge is -2.04. The first kappa shape index (κ1) is 12.4. The van der Waals surface area contributed by atoms with Crippen molar-refractivity contribution in [2.75, 3.05) is 0 Å². The first-order valence-corrected chi connectivity index (χ1v) is 5.45. The van der Waals surface area contributed by atoms with Crippen molar-refractivity contribution in [1.82, 2.24) is 10.2 Å². The molecule has 16 heavy (non-hydrogen) atoms. The minimum absolute atomic E-state index is 0.109. The maximum Gasteiger partial charge on any atom is 0.165 e. The molecule has 84 valence electrons. The molecule has 1 heterocycles. The van der Waals surface area contributed by atoms with Crippen LogP contribution in [0.1, 0.15) is 48.4 Å². The summed E-state index contributed by atoms with van der Waals surface area (Å²) < 4.78 is 0. The Morgan fingerprint density at radius 3 is 2.81 bits per heavy atom. The highest BCUT2D eigenvalue weighted by Crippen LogP contribution is 2.11. The lowest BCUT2D eigenvalue weighted by Crippen LogP contribution is -2.07. The van der Waals surface area contributed by atoms with Crippen LogP contribution in [0, 0.1) is 18.8 Å². The Morgan fingerprint density at radius 2 is 2.19 bits per heavy atom. The maximum absolute atomic E-state index is 11.9. The second kappa shape index (κ2) is 6.02. The van der Waals surface area contributed by atoms with Crippen LogP contribution >= 0.6 is 0 Å². The van der Waals surface area contributed by atoms with E-state index in [9.17, 15) is 4.79 Å². The van der Waals surface area contributed by atoms with Gasteiger partial charge in [0.25, 0.3) is 0 Å². The fraction of sp³-hybridized carbons (Fsp3) is 0.462. The average Bonchev–Trinajstić information content (AvgIpc) is 2.29. The molecule has 1 aromatic heterocycles. The van der Waals surface area contributed by atoms with Crippen molar-refractivity contribution in [3.05, 3.63) is 23.0 Å². The van der Waals surface area contributed by atoms with Crippen LogP contribution in [0.15, 0.2) is 6.07 Å². The summed E-state index contributed by atoms with van der Waals surface area (Å²) in [5, 5.41) is 8.00. The first-order valence-electron chi connectivity index (χ1n) is 5.45. The zero-order valence-electron chi connectivity index (χ0n) is 10.0. The van der Waals surface area contributed by atoms with Crippen molar-refractivity contribution in [3.63, 3.8) is 0 Å². The van der Waals surface area contributed by atoms with E-state index < -0.39 is 0 Å². The van der Waals surface area contributed by atoms with E-state index in [2.05, 4.69) is 22.0 Å². The molecule has 0 aliphatic heterocycles. The normalized spacial score (nSPS) is 9.44. The number of Topliss-reactive ketones (excluding diaryl/α,β-unsaturated/α-hetero) is 1. The molecule has 1 rings (SSSR count). The van der Waals surface area contributed by atoms with E-state index in [0.717, 1.165) is 17.8 Å². The van der Waals surface area contributed by atoms with Gasteiger partial charge in [-0.25, -0.2) is 0 Å². The zero-order chi connectivity index (χ0) is 12.0. The summed E-state index contributed by atoms with van der Waals surface area (Å²) in [5.41, 5.74) is 2.26. The monoisotopic (exact) mass is 216 g/mol. The number of carbonyl (C=O) groups excluding carboxylic acids is 1. The second-order valence-electron chi connectivity index (χ2n) is 3.55. The van der Waals surface area contributed by atoms with Crippen LogP contribution in [0.5, 0.6) is 0 Å². The van der Waals surface area contributed by atoms with Gasteiger partial charge in [0, 0.05) is 18.4 Å². The van der Waals surface area contributed by atoms with Gasteiger partial charge in [-0.1, -0.05) is 6.92 Å². The predicted octanol–water partition coefficient (Wildman–Crippen LogP) is 2.33. The Labute approximate surface area is 96.3 Å². The van der Waals surface area contributed by atoms with Gasteiger partial charge in [0.2, 0.25) is 0 Å². The number of carbonyl (C=O) groups is 1. The summed E-state index contributed by atoms with van der Waals surface area (Å²) in [5.74, 6) is 5.79. The third-order valence-corrected chi connectivity index (χ3v) is 2.28. The smallest absolute Gasteiger partial charge is 0.165 e. The van der Waals surface area contributed by atoms with Gasteiger partial charge in [0.05, 0.1) is 11.4 Å². The zero-order valence-corrected chi connectivity index (χ0v) is 10.0. The first-order chi connectivity index (χ1) is 7.69. The summed E-state index contributed by atoms with van der Waals surface area (Å²) in [6.45, 7) is 5.59. The number of ketones is 1.